The van der Waals surface area contributed by atoms with Crippen LogP contribution in [-0.2, 0) is 19.1 Å². The van der Waals surface area contributed by atoms with Gasteiger partial charge in [0.2, 0.25) is 0 Å². The van der Waals surface area contributed by atoms with Crippen LogP contribution < -0.4 is 0 Å². The van der Waals surface area contributed by atoms with Gasteiger partial charge in [-0.25, -0.2) is 0 Å². The van der Waals surface area contributed by atoms with Crippen LogP contribution >= 0.6 is 0 Å². The summed E-state index contributed by atoms with van der Waals surface area (Å²) in [6, 6.07) is 0. The smallest absolute Gasteiger partial charge is 0.309 e. The van der Waals surface area contributed by atoms with Gasteiger partial charge in [0.25, 0.3) is 0 Å². The van der Waals surface area contributed by atoms with Crippen molar-refractivity contribution in [3.05, 3.63) is 0 Å². The van der Waals surface area contributed by atoms with Gasteiger partial charge in [0.15, 0.2) is 6.10 Å². The third-order valence-corrected chi connectivity index (χ3v) is 5.44. The molecule has 0 fully saturated rings. The summed E-state index contributed by atoms with van der Waals surface area (Å²) in [4.78, 5) is 24.5. The number of carbonyl (C=O) groups is 2. The minimum atomic E-state index is -0.418. The Kier molecular flexibility index (Phi) is 18.9. The molecule has 1 atom stereocenters. The Morgan fingerprint density at radius 2 is 1.16 bits per heavy atom. The number of unbranched alkanes of at least 4 members (excludes halogenated alkanes) is 12. The highest BCUT2D eigenvalue weighted by atomic mass is 16.6. The molecular formula is C26H52NO4+. The molecule has 0 aromatic carbocycles. The summed E-state index contributed by atoms with van der Waals surface area (Å²) in [6.07, 6.45) is 16.8. The summed E-state index contributed by atoms with van der Waals surface area (Å²) >= 11 is 0. The molecule has 0 saturated carbocycles. The summed E-state index contributed by atoms with van der Waals surface area (Å²) in [5.41, 5.74) is 0. The SMILES string of the molecule is CCCCCCCCCCCOC(=O)CC(C[N+](C)(C)C)OC(=O)CCCCCCC. The van der Waals surface area contributed by atoms with Gasteiger partial charge in [-0.2, -0.15) is 0 Å². The number of nitrogens with zero attached hydrogens (tertiary/aromatic N) is 1. The number of ether oxygens (including phenoxy) is 2. The van der Waals surface area contributed by atoms with Crippen LogP contribution in [0.4, 0.5) is 0 Å². The van der Waals surface area contributed by atoms with E-state index >= 15 is 0 Å². The maximum Gasteiger partial charge on any atom is 0.309 e. The molecule has 0 aromatic heterocycles. The lowest BCUT2D eigenvalue weighted by atomic mass is 10.1. The first kappa shape index (κ1) is 29.9. The third-order valence-electron chi connectivity index (χ3n) is 5.44. The fourth-order valence-corrected chi connectivity index (χ4v) is 3.72. The molecule has 0 aliphatic heterocycles. The zero-order chi connectivity index (χ0) is 23.4. The molecular weight excluding hydrogens is 390 g/mol. The zero-order valence-electron chi connectivity index (χ0n) is 21.4. The van der Waals surface area contributed by atoms with Gasteiger partial charge in [-0.3, -0.25) is 9.59 Å². The van der Waals surface area contributed by atoms with E-state index in [0.717, 1.165) is 32.1 Å². The molecule has 1 unspecified atom stereocenters. The second kappa shape index (κ2) is 19.6. The number of esters is 2. The molecule has 0 aliphatic carbocycles. The fraction of sp³-hybridized carbons (Fsp3) is 0.923. The first-order valence-corrected chi connectivity index (χ1v) is 12.9. The van der Waals surface area contributed by atoms with Crippen LogP contribution in [0, 0.1) is 0 Å². The molecule has 0 saturated heterocycles. The maximum absolute atomic E-state index is 12.3. The Morgan fingerprint density at radius 1 is 0.677 bits per heavy atom. The predicted molar refractivity (Wildman–Crippen MR) is 129 cm³/mol. The lowest BCUT2D eigenvalue weighted by Crippen LogP contribution is -2.44. The van der Waals surface area contributed by atoms with E-state index in [-0.39, 0.29) is 18.4 Å². The lowest BCUT2D eigenvalue weighted by Gasteiger charge is -2.28. The Balaban J connectivity index is 4.05. The van der Waals surface area contributed by atoms with Crippen LogP contribution in [0.15, 0.2) is 0 Å². The van der Waals surface area contributed by atoms with Crippen LogP contribution in [0.25, 0.3) is 0 Å². The summed E-state index contributed by atoms with van der Waals surface area (Å²) in [6.45, 7) is 5.50. The number of likely N-dealkylation sites (N-methyl/N-ethyl adjacent to an activating group) is 1. The van der Waals surface area contributed by atoms with E-state index in [1.54, 1.807) is 0 Å². The highest BCUT2D eigenvalue weighted by Crippen LogP contribution is 2.12. The molecule has 184 valence electrons. The molecule has 5 heteroatoms. The molecule has 0 aromatic rings. The highest BCUT2D eigenvalue weighted by molar-refractivity contribution is 5.72. The average molecular weight is 443 g/mol. The van der Waals surface area contributed by atoms with Crippen LogP contribution in [0.1, 0.15) is 117 Å². The lowest BCUT2D eigenvalue weighted by molar-refractivity contribution is -0.873. The van der Waals surface area contributed by atoms with Gasteiger partial charge in [-0.15, -0.1) is 0 Å². The van der Waals surface area contributed by atoms with Gasteiger partial charge in [-0.1, -0.05) is 90.9 Å². The fourth-order valence-electron chi connectivity index (χ4n) is 3.72. The van der Waals surface area contributed by atoms with Crippen molar-refractivity contribution in [2.45, 2.75) is 123 Å². The topological polar surface area (TPSA) is 52.6 Å². The van der Waals surface area contributed by atoms with Crippen molar-refractivity contribution >= 4 is 11.9 Å². The molecule has 0 N–H and O–H groups in total. The van der Waals surface area contributed by atoms with Crippen molar-refractivity contribution in [1.82, 2.24) is 0 Å². The Labute approximate surface area is 192 Å². The summed E-state index contributed by atoms with van der Waals surface area (Å²) in [5.74, 6) is -0.449. The van der Waals surface area contributed by atoms with E-state index < -0.39 is 6.10 Å². The second-order valence-electron chi connectivity index (χ2n) is 10.0. The number of hydrogen-bond donors (Lipinski definition) is 0. The molecule has 31 heavy (non-hydrogen) atoms. The van der Waals surface area contributed by atoms with E-state index in [1.165, 1.54) is 57.8 Å². The minimum Gasteiger partial charge on any atom is -0.466 e. The predicted octanol–water partition coefficient (Wildman–Crippen LogP) is 6.43. The molecule has 0 bridgehead atoms. The minimum absolute atomic E-state index is 0.147. The summed E-state index contributed by atoms with van der Waals surface area (Å²) in [5, 5.41) is 0. The number of carbonyl (C=O) groups excluding carboxylic acids is 2. The maximum atomic E-state index is 12.3. The average Bonchev–Trinajstić information content (AvgIpc) is 2.68. The van der Waals surface area contributed by atoms with Crippen LogP contribution in [-0.4, -0.2) is 56.8 Å². The van der Waals surface area contributed by atoms with Crippen LogP contribution in [0.2, 0.25) is 0 Å². The Morgan fingerprint density at radius 3 is 1.68 bits per heavy atom. The Hall–Kier alpha value is -1.10. The molecule has 0 amide bonds. The Bertz CT molecular complexity index is 445. The molecule has 0 spiro atoms. The second-order valence-corrected chi connectivity index (χ2v) is 10.0. The van der Waals surface area contributed by atoms with Gasteiger partial charge >= 0.3 is 11.9 Å². The van der Waals surface area contributed by atoms with Crippen molar-refractivity contribution < 1.29 is 23.5 Å². The van der Waals surface area contributed by atoms with Gasteiger partial charge in [-0.05, 0) is 12.8 Å². The quantitative estimate of drug-likeness (QED) is 0.117. The number of hydrogen-bond acceptors (Lipinski definition) is 4. The molecule has 5 nitrogen and oxygen atoms in total. The van der Waals surface area contributed by atoms with Crippen molar-refractivity contribution in [1.29, 1.82) is 0 Å². The van der Waals surface area contributed by atoms with E-state index in [1.807, 2.05) is 21.1 Å². The van der Waals surface area contributed by atoms with E-state index in [0.29, 0.717) is 24.1 Å². The molecule has 0 heterocycles. The van der Waals surface area contributed by atoms with Gasteiger partial charge in [0, 0.05) is 6.42 Å². The van der Waals surface area contributed by atoms with Gasteiger partial charge in [0.05, 0.1) is 34.2 Å². The first-order valence-electron chi connectivity index (χ1n) is 12.9. The monoisotopic (exact) mass is 442 g/mol. The summed E-state index contributed by atoms with van der Waals surface area (Å²) < 4.78 is 11.7. The normalized spacial score (nSPS) is 12.5. The molecule has 0 radical (unpaired) electrons. The van der Waals surface area contributed by atoms with E-state index in [9.17, 15) is 9.59 Å². The largest absolute Gasteiger partial charge is 0.466 e. The zero-order valence-corrected chi connectivity index (χ0v) is 21.4. The van der Waals surface area contributed by atoms with E-state index in [2.05, 4.69) is 13.8 Å². The first-order chi connectivity index (χ1) is 14.8. The van der Waals surface area contributed by atoms with Crippen LogP contribution in [0.3, 0.4) is 0 Å². The van der Waals surface area contributed by atoms with Crippen LogP contribution in [0.5, 0.6) is 0 Å². The van der Waals surface area contributed by atoms with Gasteiger partial charge in [0.1, 0.15) is 6.54 Å². The highest BCUT2D eigenvalue weighted by Gasteiger charge is 2.25. The number of rotatable bonds is 21. The van der Waals surface area contributed by atoms with Gasteiger partial charge < -0.3 is 14.0 Å². The van der Waals surface area contributed by atoms with Crippen molar-refractivity contribution in [3.63, 3.8) is 0 Å². The molecule has 0 aliphatic rings. The number of quaternary nitrogens is 1. The third kappa shape index (κ3) is 21.9. The summed E-state index contributed by atoms with van der Waals surface area (Å²) in [7, 11) is 6.12. The van der Waals surface area contributed by atoms with Crippen molar-refractivity contribution in [2.24, 2.45) is 0 Å². The molecule has 0 rings (SSSR count). The standard InChI is InChI=1S/C26H52NO4/c1-6-8-10-12-13-14-15-17-19-21-30-26(29)22-24(23-27(3,4)5)31-25(28)20-18-16-11-9-7-2/h24H,6-23H2,1-5H3/q+1. The van der Waals surface area contributed by atoms with E-state index in [4.69, 9.17) is 9.47 Å². The van der Waals surface area contributed by atoms with Crippen molar-refractivity contribution in [3.8, 4) is 0 Å². The van der Waals surface area contributed by atoms with Crippen molar-refractivity contribution in [2.75, 3.05) is 34.3 Å².